The monoisotopic (exact) mass is 264 g/mol. The summed E-state index contributed by atoms with van der Waals surface area (Å²) in [6, 6.07) is 0. The summed E-state index contributed by atoms with van der Waals surface area (Å²) in [7, 11) is -5.39. The van der Waals surface area contributed by atoms with Gasteiger partial charge in [0.2, 0.25) is 0 Å². The van der Waals surface area contributed by atoms with Crippen LogP contribution in [0.1, 0.15) is 0 Å². The van der Waals surface area contributed by atoms with Gasteiger partial charge in [0.1, 0.15) is 0 Å². The first-order valence-corrected chi connectivity index (χ1v) is 2.56. The molecule has 10 heavy (non-hydrogen) atoms. The van der Waals surface area contributed by atoms with Crippen LogP contribution in [0.5, 0.6) is 0 Å². The van der Waals surface area contributed by atoms with Crippen LogP contribution in [0.3, 0.4) is 0 Å². The van der Waals surface area contributed by atoms with Gasteiger partial charge in [-0.2, -0.15) is 7.82 Å². The maximum Gasteiger partial charge on any atom is 2.00 e. The zero-order valence-electron chi connectivity index (χ0n) is 4.04. The minimum Gasteiger partial charge on any atom is -0.822 e. The third kappa shape index (κ3) is 550. The molecule has 0 heterocycles. The Labute approximate surface area is 77.1 Å². The molecule has 0 rings (SSSR count). The Morgan fingerprint density at radius 2 is 1.20 bits per heavy atom. The maximum atomic E-state index is 8.55. The molecular formula is H2CuFeO7P+. The van der Waals surface area contributed by atoms with Crippen LogP contribution >= 0.6 is 7.82 Å². The second-order valence-corrected chi connectivity index (χ2v) is 1.42. The van der Waals surface area contributed by atoms with E-state index in [4.69, 9.17) is 29.8 Å². The Hall–Kier alpha value is 1.03. The number of hydrogen-bond acceptors (Lipinski definition) is 7. The van der Waals surface area contributed by atoms with Crippen molar-refractivity contribution in [2.45, 2.75) is 0 Å². The summed E-state index contributed by atoms with van der Waals surface area (Å²) < 4.78 is 8.55. The zero-order chi connectivity index (χ0) is 7.21. The van der Waals surface area contributed by atoms with E-state index >= 15 is 0 Å². The largest absolute Gasteiger partial charge is 2.00 e. The smallest absolute Gasteiger partial charge is 0.822 e. The third-order valence-corrected chi connectivity index (χ3v) is 0. The average Bonchev–Trinajstić information content (AvgIpc) is 1.27. The van der Waals surface area contributed by atoms with Crippen LogP contribution < -0.4 is 14.7 Å². The van der Waals surface area contributed by atoms with E-state index in [2.05, 4.69) is 5.04 Å². The SMILES string of the molecule is O=P([O-])([O-])[O-].OOO.[Cu+2].[Fe+2]. The summed E-state index contributed by atoms with van der Waals surface area (Å²) in [5.74, 6) is 0. The molecule has 0 aromatic rings. The van der Waals surface area contributed by atoms with Crippen molar-refractivity contribution in [2.24, 2.45) is 0 Å². The first-order chi connectivity index (χ1) is 3.41. The Kier molecular flexibility index (Phi) is 28.5. The van der Waals surface area contributed by atoms with E-state index in [-0.39, 0.29) is 34.1 Å². The predicted molar refractivity (Wildman–Crippen MR) is 13.9 cm³/mol. The quantitative estimate of drug-likeness (QED) is 0.207. The van der Waals surface area contributed by atoms with Gasteiger partial charge in [0.05, 0.1) is 0 Å². The molecule has 0 aromatic heterocycles. The topological polar surface area (TPSA) is 136 Å². The van der Waals surface area contributed by atoms with Crippen molar-refractivity contribution in [3.63, 3.8) is 0 Å². The Bertz CT molecular complexity index is 69.4. The van der Waals surface area contributed by atoms with Gasteiger partial charge >= 0.3 is 34.1 Å². The second-order valence-electron chi connectivity index (χ2n) is 0.529. The summed E-state index contributed by atoms with van der Waals surface area (Å²) in [6.07, 6.45) is 0. The Morgan fingerprint density at radius 3 is 1.20 bits per heavy atom. The van der Waals surface area contributed by atoms with Crippen molar-refractivity contribution >= 4 is 7.82 Å². The molecule has 7 nitrogen and oxygen atoms in total. The molecule has 0 fully saturated rings. The van der Waals surface area contributed by atoms with Gasteiger partial charge < -0.3 is 19.2 Å². The number of hydrogen-bond donors (Lipinski definition) is 2. The number of rotatable bonds is 0. The summed E-state index contributed by atoms with van der Waals surface area (Å²) in [5, 5.41) is 15.5. The van der Waals surface area contributed by atoms with E-state index in [1.54, 1.807) is 0 Å². The fourth-order valence-electron chi connectivity index (χ4n) is 0. The molecule has 0 aliphatic rings. The van der Waals surface area contributed by atoms with Crippen molar-refractivity contribution in [1.29, 1.82) is 0 Å². The van der Waals surface area contributed by atoms with Crippen LogP contribution in [0, 0.1) is 0 Å². The first-order valence-electron chi connectivity index (χ1n) is 1.10. The third-order valence-electron chi connectivity index (χ3n) is 0. The molecular weight excluding hydrogens is 262 g/mol. The van der Waals surface area contributed by atoms with Gasteiger partial charge in [-0.3, -0.25) is 0 Å². The minimum atomic E-state index is -5.39. The van der Waals surface area contributed by atoms with Gasteiger partial charge in [-0.05, 0) is 0 Å². The molecule has 67 valence electrons. The van der Waals surface area contributed by atoms with Gasteiger partial charge in [0.15, 0.2) is 0 Å². The van der Waals surface area contributed by atoms with Crippen LogP contribution in [-0.2, 0) is 43.7 Å². The van der Waals surface area contributed by atoms with Crippen molar-refractivity contribution in [1.82, 2.24) is 0 Å². The Balaban J connectivity index is -0.0000000326. The van der Waals surface area contributed by atoms with Crippen LogP contribution in [0.4, 0.5) is 0 Å². The van der Waals surface area contributed by atoms with Gasteiger partial charge in [0, 0.05) is 0 Å². The van der Waals surface area contributed by atoms with E-state index in [1.165, 1.54) is 0 Å². The fourth-order valence-corrected chi connectivity index (χ4v) is 0. The molecule has 0 unspecified atom stereocenters. The average molecular weight is 264 g/mol. The molecule has 0 spiro atoms. The predicted octanol–water partition coefficient (Wildman–Crippen LogP) is -2.88. The van der Waals surface area contributed by atoms with E-state index < -0.39 is 7.82 Å². The molecule has 0 atom stereocenters. The van der Waals surface area contributed by atoms with Crippen molar-refractivity contribution in [2.75, 3.05) is 0 Å². The summed E-state index contributed by atoms with van der Waals surface area (Å²) in [5.41, 5.74) is 0. The van der Waals surface area contributed by atoms with E-state index in [0.29, 0.717) is 0 Å². The van der Waals surface area contributed by atoms with Gasteiger partial charge in [-0.1, -0.05) is 5.04 Å². The molecule has 2 N–H and O–H groups in total. The standard InChI is InChI=1S/Cu.Fe.H3O4P.H2O3/c;;1-5(2,3)4;1-3-2/h;;(H3,1,2,3,4);1-2H/q2*+2;;/p-3. The summed E-state index contributed by atoms with van der Waals surface area (Å²) >= 11 is 0. The van der Waals surface area contributed by atoms with E-state index in [9.17, 15) is 0 Å². The molecule has 0 saturated heterocycles. The molecule has 1 radical (unpaired) electrons. The molecule has 0 bridgehead atoms. The van der Waals surface area contributed by atoms with Crippen molar-refractivity contribution in [3.8, 4) is 0 Å². The Morgan fingerprint density at radius 1 is 1.20 bits per heavy atom. The van der Waals surface area contributed by atoms with Gasteiger partial charge in [-0.15, -0.1) is 0 Å². The summed E-state index contributed by atoms with van der Waals surface area (Å²) in [4.78, 5) is 25.6. The molecule has 0 saturated carbocycles. The normalized spacial score (nSPS) is 7.70. The summed E-state index contributed by atoms with van der Waals surface area (Å²) in [6.45, 7) is 0. The van der Waals surface area contributed by atoms with Crippen LogP contribution in [-0.4, -0.2) is 10.5 Å². The minimum absolute atomic E-state index is 0. The number of phosphoric acid groups is 1. The van der Waals surface area contributed by atoms with E-state index in [0.717, 1.165) is 0 Å². The first kappa shape index (κ1) is 22.5. The zero-order valence-corrected chi connectivity index (χ0v) is 6.98. The van der Waals surface area contributed by atoms with Crippen molar-refractivity contribution in [3.05, 3.63) is 0 Å². The molecule has 10 heteroatoms. The molecule has 0 aliphatic carbocycles. The van der Waals surface area contributed by atoms with Crippen molar-refractivity contribution < 1.29 is 68.9 Å². The van der Waals surface area contributed by atoms with Gasteiger partial charge in [-0.25, -0.2) is 10.5 Å². The van der Waals surface area contributed by atoms with E-state index in [1.807, 2.05) is 0 Å². The molecule has 0 amide bonds. The van der Waals surface area contributed by atoms with Crippen LogP contribution in [0.15, 0.2) is 0 Å². The maximum absolute atomic E-state index is 8.55. The van der Waals surface area contributed by atoms with Crippen LogP contribution in [0.25, 0.3) is 0 Å². The molecule has 0 aliphatic heterocycles. The second kappa shape index (κ2) is 12.7. The van der Waals surface area contributed by atoms with Crippen LogP contribution in [0.2, 0.25) is 0 Å². The van der Waals surface area contributed by atoms with Gasteiger partial charge in [0.25, 0.3) is 0 Å². The molecule has 0 aromatic carbocycles. The fraction of sp³-hybridized carbons (Fsp3) is 0.